The largest absolute Gasteiger partial charge is 0.497 e. The molecule has 2 aromatic carbocycles. The highest BCUT2D eigenvalue weighted by Gasteiger charge is 2.28. The molecule has 1 unspecified atom stereocenters. The molecule has 1 saturated heterocycles. The van der Waals surface area contributed by atoms with Crippen molar-refractivity contribution < 1.29 is 19.1 Å². The fourth-order valence-corrected chi connectivity index (χ4v) is 4.18. The molecule has 1 amide bonds. The van der Waals surface area contributed by atoms with Gasteiger partial charge in [-0.15, -0.1) is 0 Å². The van der Waals surface area contributed by atoms with E-state index in [1.165, 1.54) is 5.69 Å². The topological polar surface area (TPSA) is 86.9 Å². The first-order valence-corrected chi connectivity index (χ1v) is 11.2. The first-order chi connectivity index (χ1) is 16.0. The zero-order valence-electron chi connectivity index (χ0n) is 19.3. The summed E-state index contributed by atoms with van der Waals surface area (Å²) >= 11 is 0. The highest BCUT2D eigenvalue weighted by atomic mass is 16.5. The Balaban J connectivity index is 1.51. The smallest absolute Gasteiger partial charge is 0.356 e. The summed E-state index contributed by atoms with van der Waals surface area (Å²) in [6.07, 6.45) is 0. The second-order valence-corrected chi connectivity index (χ2v) is 8.03. The van der Waals surface area contributed by atoms with Crippen LogP contribution in [0, 0.1) is 0 Å². The van der Waals surface area contributed by atoms with Crippen LogP contribution in [0.25, 0.3) is 10.9 Å². The van der Waals surface area contributed by atoms with Gasteiger partial charge in [0.25, 0.3) is 0 Å². The predicted octanol–water partition coefficient (Wildman–Crippen LogP) is 3.50. The van der Waals surface area contributed by atoms with Gasteiger partial charge >= 0.3 is 5.97 Å². The van der Waals surface area contributed by atoms with Gasteiger partial charge in [0.05, 0.1) is 25.4 Å². The predicted molar refractivity (Wildman–Crippen MR) is 129 cm³/mol. The summed E-state index contributed by atoms with van der Waals surface area (Å²) in [7, 11) is 1.58. The molecule has 1 fully saturated rings. The third-order valence-electron chi connectivity index (χ3n) is 6.10. The molecule has 1 aliphatic heterocycles. The van der Waals surface area contributed by atoms with E-state index in [1.54, 1.807) is 26.2 Å². The minimum atomic E-state index is -0.507. The monoisotopic (exact) mass is 450 g/mol. The van der Waals surface area contributed by atoms with Crippen LogP contribution in [0.3, 0.4) is 0 Å². The van der Waals surface area contributed by atoms with E-state index in [-0.39, 0.29) is 24.2 Å². The van der Waals surface area contributed by atoms with Crippen molar-refractivity contribution in [1.29, 1.82) is 0 Å². The van der Waals surface area contributed by atoms with Crippen molar-refractivity contribution in [2.45, 2.75) is 19.9 Å². The summed E-state index contributed by atoms with van der Waals surface area (Å²) in [5.74, 6) is -0.0398. The molecule has 8 heteroatoms. The molecule has 33 heavy (non-hydrogen) atoms. The molecular weight excluding hydrogens is 420 g/mol. The normalized spacial score (nSPS) is 15.3. The molecular formula is C25H30N4O4. The fraction of sp³-hybridized carbons (Fsp3) is 0.360. The number of fused-ring (bicyclic) bond motifs is 1. The van der Waals surface area contributed by atoms with Crippen LogP contribution in [0.1, 0.15) is 24.3 Å². The highest BCUT2D eigenvalue weighted by Crippen LogP contribution is 2.32. The summed E-state index contributed by atoms with van der Waals surface area (Å²) in [6, 6.07) is 15.4. The maximum atomic E-state index is 13.2. The second-order valence-electron chi connectivity index (χ2n) is 8.03. The Hall–Kier alpha value is -3.52. The first-order valence-electron chi connectivity index (χ1n) is 11.2. The zero-order chi connectivity index (χ0) is 23.4. The number of H-pyrrole nitrogens is 1. The van der Waals surface area contributed by atoms with Gasteiger partial charge in [0, 0.05) is 42.8 Å². The average Bonchev–Trinajstić information content (AvgIpc) is 3.21. The number of esters is 1. The van der Waals surface area contributed by atoms with Gasteiger partial charge in [-0.3, -0.25) is 9.69 Å². The number of benzene rings is 2. The number of methoxy groups -OCH3 is 1. The molecule has 0 spiro atoms. The van der Waals surface area contributed by atoms with Crippen molar-refractivity contribution >= 4 is 34.2 Å². The van der Waals surface area contributed by atoms with Crippen LogP contribution < -0.4 is 15.0 Å². The lowest BCUT2D eigenvalue weighted by Gasteiger charge is -2.38. The van der Waals surface area contributed by atoms with Crippen molar-refractivity contribution in [3.8, 4) is 5.75 Å². The summed E-state index contributed by atoms with van der Waals surface area (Å²) in [5.41, 5.74) is 2.57. The highest BCUT2D eigenvalue weighted by molar-refractivity contribution is 6.12. The summed E-state index contributed by atoms with van der Waals surface area (Å²) in [4.78, 5) is 33.4. The first kappa shape index (κ1) is 22.7. The maximum absolute atomic E-state index is 13.2. The third kappa shape index (κ3) is 4.80. The van der Waals surface area contributed by atoms with Crippen LogP contribution >= 0.6 is 0 Å². The number of rotatable bonds is 7. The standard InChI is InChI=1S/C25H30N4O4/c1-4-33-25(31)23-22(20-16-19(32-3)10-11-21(20)26-23)27-24(30)17(2)28-12-14-29(15-13-28)18-8-6-5-7-9-18/h5-11,16-17,26H,4,12-15H2,1-3H3,(H,27,30). The zero-order valence-corrected chi connectivity index (χ0v) is 19.3. The lowest BCUT2D eigenvalue weighted by atomic mass is 10.1. The number of hydrogen-bond acceptors (Lipinski definition) is 6. The van der Waals surface area contributed by atoms with Crippen molar-refractivity contribution in [3.05, 3.63) is 54.2 Å². The molecule has 8 nitrogen and oxygen atoms in total. The number of aromatic amines is 1. The molecule has 0 radical (unpaired) electrons. The molecule has 0 bridgehead atoms. The van der Waals surface area contributed by atoms with E-state index < -0.39 is 5.97 Å². The minimum absolute atomic E-state index is 0.169. The molecule has 1 atom stereocenters. The van der Waals surface area contributed by atoms with E-state index in [2.05, 4.69) is 32.2 Å². The van der Waals surface area contributed by atoms with Crippen LogP contribution in [-0.4, -0.2) is 67.7 Å². The summed E-state index contributed by atoms with van der Waals surface area (Å²) in [5, 5.41) is 3.68. The van der Waals surface area contributed by atoms with Crippen molar-refractivity contribution in [3.63, 3.8) is 0 Å². The van der Waals surface area contributed by atoms with Gasteiger partial charge in [-0.05, 0) is 44.2 Å². The number of hydrogen-bond donors (Lipinski definition) is 2. The Labute approximate surface area is 193 Å². The minimum Gasteiger partial charge on any atom is -0.497 e. The van der Waals surface area contributed by atoms with Gasteiger partial charge in [0.2, 0.25) is 5.91 Å². The lowest BCUT2D eigenvalue weighted by molar-refractivity contribution is -0.120. The number of amides is 1. The Morgan fingerprint density at radius 2 is 1.82 bits per heavy atom. The van der Waals surface area contributed by atoms with Crippen LogP contribution in [0.5, 0.6) is 5.75 Å². The number of carbonyl (C=O) groups is 2. The number of carbonyl (C=O) groups excluding carboxylic acids is 2. The number of aromatic nitrogens is 1. The van der Waals surface area contributed by atoms with Gasteiger partial charge < -0.3 is 24.7 Å². The molecule has 1 aliphatic rings. The molecule has 174 valence electrons. The third-order valence-corrected chi connectivity index (χ3v) is 6.10. The van der Waals surface area contributed by atoms with Crippen molar-refractivity contribution in [2.24, 2.45) is 0 Å². The van der Waals surface area contributed by atoms with E-state index >= 15 is 0 Å². The van der Waals surface area contributed by atoms with E-state index in [4.69, 9.17) is 9.47 Å². The van der Waals surface area contributed by atoms with E-state index in [0.717, 1.165) is 31.7 Å². The Morgan fingerprint density at radius 3 is 2.48 bits per heavy atom. The molecule has 0 aliphatic carbocycles. The average molecular weight is 451 g/mol. The van der Waals surface area contributed by atoms with Crippen LogP contribution in [0.4, 0.5) is 11.4 Å². The van der Waals surface area contributed by atoms with Crippen molar-refractivity contribution in [1.82, 2.24) is 9.88 Å². The number of nitrogens with zero attached hydrogens (tertiary/aromatic N) is 2. The SMILES string of the molecule is CCOC(=O)c1[nH]c2ccc(OC)cc2c1NC(=O)C(C)N1CCN(c2ccccc2)CC1. The number of para-hydroxylation sites is 1. The molecule has 2 N–H and O–H groups in total. The van der Waals surface area contributed by atoms with Crippen LogP contribution in [0.15, 0.2) is 48.5 Å². The second kappa shape index (κ2) is 9.95. The Kier molecular flexibility index (Phi) is 6.84. The van der Waals surface area contributed by atoms with Crippen molar-refractivity contribution in [2.75, 3.05) is 50.1 Å². The van der Waals surface area contributed by atoms with E-state index in [0.29, 0.717) is 16.8 Å². The Morgan fingerprint density at radius 1 is 1.09 bits per heavy atom. The van der Waals surface area contributed by atoms with E-state index in [9.17, 15) is 9.59 Å². The number of anilines is 2. The van der Waals surface area contributed by atoms with Crippen LogP contribution in [-0.2, 0) is 9.53 Å². The van der Waals surface area contributed by atoms with Gasteiger partial charge in [0.15, 0.2) is 0 Å². The van der Waals surface area contributed by atoms with E-state index in [1.807, 2.05) is 31.2 Å². The van der Waals surface area contributed by atoms with Gasteiger partial charge in [-0.25, -0.2) is 4.79 Å². The fourth-order valence-electron chi connectivity index (χ4n) is 4.18. The lowest BCUT2D eigenvalue weighted by Crippen LogP contribution is -2.52. The quantitative estimate of drug-likeness (QED) is 0.536. The summed E-state index contributed by atoms with van der Waals surface area (Å²) in [6.45, 7) is 7.13. The van der Waals surface area contributed by atoms with Gasteiger partial charge in [-0.1, -0.05) is 18.2 Å². The maximum Gasteiger partial charge on any atom is 0.356 e. The summed E-state index contributed by atoms with van der Waals surface area (Å²) < 4.78 is 10.5. The molecule has 3 aromatic rings. The molecule has 0 saturated carbocycles. The molecule has 1 aromatic heterocycles. The number of nitrogens with one attached hydrogen (secondary N) is 2. The van der Waals surface area contributed by atoms with Gasteiger partial charge in [0.1, 0.15) is 11.4 Å². The molecule has 2 heterocycles. The number of ether oxygens (including phenoxy) is 2. The number of piperazine rings is 1. The van der Waals surface area contributed by atoms with Gasteiger partial charge in [-0.2, -0.15) is 0 Å². The van der Waals surface area contributed by atoms with Crippen LogP contribution in [0.2, 0.25) is 0 Å². The Bertz CT molecular complexity index is 1120. The molecule has 4 rings (SSSR count).